The third-order valence-electron chi connectivity index (χ3n) is 2.60. The van der Waals surface area contributed by atoms with Gasteiger partial charge in [-0.3, -0.25) is 4.79 Å². The van der Waals surface area contributed by atoms with Gasteiger partial charge in [0.2, 0.25) is 0 Å². The summed E-state index contributed by atoms with van der Waals surface area (Å²) in [7, 11) is 1.50. The van der Waals surface area contributed by atoms with Crippen molar-refractivity contribution in [3.8, 4) is 5.75 Å². The fraction of sp³-hybridized carbons (Fsp3) is 0.385. The Balaban J connectivity index is 2.90. The van der Waals surface area contributed by atoms with E-state index in [1.165, 1.54) is 7.11 Å². The van der Waals surface area contributed by atoms with Gasteiger partial charge in [0.1, 0.15) is 11.8 Å². The summed E-state index contributed by atoms with van der Waals surface area (Å²) in [5, 5.41) is 11.5. The van der Waals surface area contributed by atoms with Gasteiger partial charge in [0, 0.05) is 4.47 Å². The third kappa shape index (κ3) is 4.24. The molecule has 0 saturated heterocycles. The second kappa shape index (κ2) is 7.13. The van der Waals surface area contributed by atoms with E-state index in [9.17, 15) is 9.59 Å². The molecule has 0 radical (unpaired) electrons. The second-order valence-electron chi connectivity index (χ2n) is 4.00. The van der Waals surface area contributed by atoms with Gasteiger partial charge in [0.15, 0.2) is 0 Å². The molecule has 0 saturated carbocycles. The number of benzene rings is 1. The van der Waals surface area contributed by atoms with E-state index >= 15 is 0 Å². The molecule has 19 heavy (non-hydrogen) atoms. The molecule has 0 aliphatic rings. The number of amides is 1. The molecule has 1 aromatic rings. The fourth-order valence-corrected chi connectivity index (χ4v) is 2.01. The van der Waals surface area contributed by atoms with Crippen molar-refractivity contribution >= 4 is 27.8 Å². The smallest absolute Gasteiger partial charge is 0.326 e. The molecule has 2 N–H and O–H groups in total. The van der Waals surface area contributed by atoms with Crippen molar-refractivity contribution < 1.29 is 19.4 Å². The Kier molecular flexibility index (Phi) is 5.82. The van der Waals surface area contributed by atoms with Crippen molar-refractivity contribution in [2.75, 3.05) is 7.11 Å². The van der Waals surface area contributed by atoms with Gasteiger partial charge in [0.25, 0.3) is 5.91 Å². The number of ether oxygens (including phenoxy) is 1. The molecule has 0 heterocycles. The molecule has 0 aliphatic carbocycles. The number of hydrogen-bond acceptors (Lipinski definition) is 3. The summed E-state index contributed by atoms with van der Waals surface area (Å²) >= 11 is 3.26. The molecular formula is C13H16BrNO4. The summed E-state index contributed by atoms with van der Waals surface area (Å²) in [5.74, 6) is -0.934. The van der Waals surface area contributed by atoms with E-state index < -0.39 is 17.9 Å². The Hall–Kier alpha value is -1.56. The number of methoxy groups -OCH3 is 1. The summed E-state index contributed by atoms with van der Waals surface area (Å²) < 4.78 is 5.63. The highest BCUT2D eigenvalue weighted by atomic mass is 79.9. The number of nitrogens with one attached hydrogen (secondary N) is 1. The van der Waals surface area contributed by atoms with Gasteiger partial charge < -0.3 is 15.2 Å². The van der Waals surface area contributed by atoms with Crippen LogP contribution in [0.1, 0.15) is 30.1 Å². The first-order valence-corrected chi connectivity index (χ1v) is 6.66. The molecule has 0 bridgehead atoms. The maximum atomic E-state index is 12.1. The van der Waals surface area contributed by atoms with E-state index in [2.05, 4.69) is 21.2 Å². The quantitative estimate of drug-likeness (QED) is 0.840. The van der Waals surface area contributed by atoms with Crippen LogP contribution in [0.3, 0.4) is 0 Å². The summed E-state index contributed by atoms with van der Waals surface area (Å²) in [5.41, 5.74) is 0.349. The van der Waals surface area contributed by atoms with Crippen LogP contribution in [0.2, 0.25) is 0 Å². The van der Waals surface area contributed by atoms with Crippen LogP contribution in [-0.4, -0.2) is 30.1 Å². The van der Waals surface area contributed by atoms with Crippen molar-refractivity contribution in [2.24, 2.45) is 0 Å². The lowest BCUT2D eigenvalue weighted by molar-refractivity contribution is -0.139. The first-order valence-electron chi connectivity index (χ1n) is 5.86. The number of carboxylic acid groups (broad SMARTS) is 1. The normalized spacial score (nSPS) is 11.7. The van der Waals surface area contributed by atoms with Crippen LogP contribution in [0.4, 0.5) is 0 Å². The Morgan fingerprint density at radius 3 is 2.68 bits per heavy atom. The Labute approximate surface area is 120 Å². The zero-order valence-electron chi connectivity index (χ0n) is 10.8. The van der Waals surface area contributed by atoms with Crippen molar-refractivity contribution in [3.05, 3.63) is 28.2 Å². The highest BCUT2D eigenvalue weighted by Gasteiger charge is 2.21. The Morgan fingerprint density at radius 1 is 1.47 bits per heavy atom. The van der Waals surface area contributed by atoms with E-state index in [-0.39, 0.29) is 0 Å². The third-order valence-corrected chi connectivity index (χ3v) is 3.29. The van der Waals surface area contributed by atoms with Gasteiger partial charge >= 0.3 is 5.97 Å². The SMILES string of the molecule is CCC[C@H](NC(=O)c1cc(OC)ccc1Br)C(=O)O. The monoisotopic (exact) mass is 329 g/mol. The molecule has 0 aliphatic heterocycles. The van der Waals surface area contributed by atoms with Gasteiger partial charge in [-0.1, -0.05) is 13.3 Å². The highest BCUT2D eigenvalue weighted by Crippen LogP contribution is 2.22. The topological polar surface area (TPSA) is 75.6 Å². The maximum Gasteiger partial charge on any atom is 0.326 e. The van der Waals surface area contributed by atoms with Crippen LogP contribution >= 0.6 is 15.9 Å². The predicted octanol–water partition coefficient (Wildman–Crippen LogP) is 2.44. The summed E-state index contributed by atoms with van der Waals surface area (Å²) in [6.45, 7) is 1.86. The summed E-state index contributed by atoms with van der Waals surface area (Å²) in [4.78, 5) is 23.1. The van der Waals surface area contributed by atoms with Crippen LogP contribution in [-0.2, 0) is 4.79 Å². The molecule has 0 fully saturated rings. The second-order valence-corrected chi connectivity index (χ2v) is 4.85. The molecule has 104 valence electrons. The molecule has 0 unspecified atom stereocenters. The molecule has 0 aromatic heterocycles. The largest absolute Gasteiger partial charge is 0.497 e. The number of hydrogen-bond donors (Lipinski definition) is 2. The molecule has 1 rings (SSSR count). The first kappa shape index (κ1) is 15.5. The van der Waals surface area contributed by atoms with Crippen molar-refractivity contribution in [1.82, 2.24) is 5.32 Å². The average molecular weight is 330 g/mol. The van der Waals surface area contributed by atoms with Crippen LogP contribution in [0, 0.1) is 0 Å². The fourth-order valence-electron chi connectivity index (χ4n) is 1.59. The van der Waals surface area contributed by atoms with Crippen molar-refractivity contribution in [2.45, 2.75) is 25.8 Å². The van der Waals surface area contributed by atoms with Crippen LogP contribution in [0.25, 0.3) is 0 Å². The van der Waals surface area contributed by atoms with Crippen LogP contribution in [0.5, 0.6) is 5.75 Å². The van der Waals surface area contributed by atoms with Gasteiger partial charge in [-0.25, -0.2) is 4.79 Å². The Morgan fingerprint density at radius 2 is 2.16 bits per heavy atom. The lowest BCUT2D eigenvalue weighted by Crippen LogP contribution is -2.40. The summed E-state index contributed by atoms with van der Waals surface area (Å²) in [6.07, 6.45) is 1.07. The lowest BCUT2D eigenvalue weighted by atomic mass is 10.1. The van der Waals surface area contributed by atoms with Gasteiger partial charge in [-0.15, -0.1) is 0 Å². The van der Waals surface area contributed by atoms with Gasteiger partial charge in [-0.05, 0) is 40.5 Å². The van der Waals surface area contributed by atoms with E-state index in [1.807, 2.05) is 6.92 Å². The van der Waals surface area contributed by atoms with Gasteiger partial charge in [0.05, 0.1) is 12.7 Å². The minimum Gasteiger partial charge on any atom is -0.497 e. The van der Waals surface area contributed by atoms with Crippen LogP contribution in [0.15, 0.2) is 22.7 Å². The zero-order valence-corrected chi connectivity index (χ0v) is 12.4. The first-order chi connectivity index (χ1) is 8.99. The highest BCUT2D eigenvalue weighted by molar-refractivity contribution is 9.10. The molecule has 1 aromatic carbocycles. The lowest BCUT2D eigenvalue weighted by Gasteiger charge is -2.14. The number of carbonyl (C=O) groups excluding carboxylic acids is 1. The Bertz CT molecular complexity index is 476. The van der Waals surface area contributed by atoms with Gasteiger partial charge in [-0.2, -0.15) is 0 Å². The van der Waals surface area contributed by atoms with E-state index in [0.717, 1.165) is 0 Å². The van der Waals surface area contributed by atoms with E-state index in [1.54, 1.807) is 18.2 Å². The zero-order chi connectivity index (χ0) is 14.4. The van der Waals surface area contributed by atoms with Crippen molar-refractivity contribution in [3.63, 3.8) is 0 Å². The number of carboxylic acids is 1. The minimum absolute atomic E-state index is 0.349. The molecule has 1 amide bonds. The minimum atomic E-state index is -1.03. The van der Waals surface area contributed by atoms with E-state index in [4.69, 9.17) is 9.84 Å². The summed E-state index contributed by atoms with van der Waals surface area (Å²) in [6, 6.07) is 4.07. The molecular weight excluding hydrogens is 314 g/mol. The predicted molar refractivity (Wildman–Crippen MR) is 74.5 cm³/mol. The van der Waals surface area contributed by atoms with Crippen molar-refractivity contribution in [1.29, 1.82) is 0 Å². The number of aliphatic carboxylic acids is 1. The molecule has 6 heteroatoms. The molecule has 0 spiro atoms. The average Bonchev–Trinajstić information content (AvgIpc) is 2.38. The maximum absolute atomic E-state index is 12.1. The standard InChI is InChI=1S/C13H16BrNO4/c1-3-4-11(13(17)18)15-12(16)9-7-8(19-2)5-6-10(9)14/h5-7,11H,3-4H2,1-2H3,(H,15,16)(H,17,18)/t11-/m0/s1. The number of halogens is 1. The van der Waals surface area contributed by atoms with E-state index in [0.29, 0.717) is 28.6 Å². The number of carbonyl (C=O) groups is 2. The number of rotatable bonds is 6. The molecule has 5 nitrogen and oxygen atoms in total. The van der Waals surface area contributed by atoms with Crippen LogP contribution < -0.4 is 10.1 Å². The molecule has 1 atom stereocenters.